The van der Waals surface area contributed by atoms with Crippen molar-refractivity contribution in [1.29, 1.82) is 0 Å². The Labute approximate surface area is 247 Å². The van der Waals surface area contributed by atoms with Crippen molar-refractivity contribution < 1.29 is 23.5 Å². The summed E-state index contributed by atoms with van der Waals surface area (Å²) in [6, 6.07) is 17.1. The van der Waals surface area contributed by atoms with Crippen molar-refractivity contribution in [3.05, 3.63) is 77.2 Å². The molecule has 2 aromatic carbocycles. The van der Waals surface area contributed by atoms with Crippen LogP contribution in [0.25, 0.3) is 0 Å². The van der Waals surface area contributed by atoms with Gasteiger partial charge in [0.2, 0.25) is 0 Å². The van der Waals surface area contributed by atoms with Gasteiger partial charge in [-0.2, -0.15) is 0 Å². The number of carbonyl (C=O) groups excluding carboxylic acids is 3. The number of benzene rings is 2. The Kier molecular flexibility index (Phi) is 9.77. The van der Waals surface area contributed by atoms with Gasteiger partial charge in [0.25, 0.3) is 11.8 Å². The first kappa shape index (κ1) is 30.5. The maximum atomic E-state index is 13.0. The number of hydrogen-bond donors (Lipinski definition) is 3. The first-order chi connectivity index (χ1) is 20.0. The molecule has 1 saturated heterocycles. The molecule has 2 heterocycles. The van der Waals surface area contributed by atoms with Crippen LogP contribution < -0.4 is 25.8 Å². The number of furan rings is 1. The fourth-order valence-corrected chi connectivity index (χ4v) is 4.80. The van der Waals surface area contributed by atoms with Crippen molar-refractivity contribution in [3.8, 4) is 0 Å². The Morgan fingerprint density at radius 1 is 0.833 bits per heavy atom. The van der Waals surface area contributed by atoms with E-state index in [4.69, 9.17) is 9.15 Å². The number of aryl methyl sites for hydroxylation is 2. The van der Waals surface area contributed by atoms with E-state index in [-0.39, 0.29) is 17.6 Å². The SMILES string of the molecule is Cc1ccc(C(=O)Nc2cc(C(=O)NCCCNC(=O)OC(C)(C)C)ccc2N2CCN(c3ccccc3C)CC2)o1. The molecule has 0 bridgehead atoms. The zero-order valence-electron chi connectivity index (χ0n) is 25.1. The Bertz CT molecular complexity index is 1400. The third kappa shape index (κ3) is 8.28. The third-order valence-electron chi connectivity index (χ3n) is 6.85. The molecule has 0 aliphatic carbocycles. The third-order valence-corrected chi connectivity index (χ3v) is 6.85. The Morgan fingerprint density at radius 2 is 1.50 bits per heavy atom. The highest BCUT2D eigenvalue weighted by Gasteiger charge is 2.23. The van der Waals surface area contributed by atoms with E-state index in [0.29, 0.717) is 36.5 Å². The molecule has 0 saturated carbocycles. The molecule has 0 radical (unpaired) electrons. The molecule has 3 amide bonds. The topological polar surface area (TPSA) is 116 Å². The molecule has 10 heteroatoms. The average molecular weight is 576 g/mol. The molecule has 224 valence electrons. The van der Waals surface area contributed by atoms with Gasteiger partial charge in [-0.3, -0.25) is 9.59 Å². The summed E-state index contributed by atoms with van der Waals surface area (Å²) < 4.78 is 10.7. The van der Waals surface area contributed by atoms with Crippen LogP contribution in [0.4, 0.5) is 21.9 Å². The highest BCUT2D eigenvalue weighted by molar-refractivity contribution is 6.05. The number of amides is 3. The van der Waals surface area contributed by atoms with Crippen molar-refractivity contribution >= 4 is 35.0 Å². The predicted molar refractivity (Wildman–Crippen MR) is 165 cm³/mol. The number of para-hydroxylation sites is 1. The first-order valence-corrected chi connectivity index (χ1v) is 14.3. The van der Waals surface area contributed by atoms with Crippen LogP contribution in [0.1, 0.15) is 59.4 Å². The molecule has 3 N–H and O–H groups in total. The minimum Gasteiger partial charge on any atom is -0.456 e. The molecule has 0 spiro atoms. The molecule has 1 aromatic heterocycles. The number of ether oxygens (including phenoxy) is 1. The van der Waals surface area contributed by atoms with Crippen LogP contribution in [0.15, 0.2) is 59.0 Å². The summed E-state index contributed by atoms with van der Waals surface area (Å²) in [4.78, 5) is 42.4. The van der Waals surface area contributed by atoms with Gasteiger partial charge in [0.1, 0.15) is 11.4 Å². The lowest BCUT2D eigenvalue weighted by Crippen LogP contribution is -2.47. The lowest BCUT2D eigenvalue weighted by molar-refractivity contribution is 0.0527. The molecule has 0 unspecified atom stereocenters. The number of nitrogens with one attached hydrogen (secondary N) is 3. The summed E-state index contributed by atoms with van der Waals surface area (Å²) in [7, 11) is 0. The van der Waals surface area contributed by atoms with Crippen LogP contribution in [0.3, 0.4) is 0 Å². The molecule has 4 rings (SSSR count). The second-order valence-corrected chi connectivity index (χ2v) is 11.4. The van der Waals surface area contributed by atoms with Gasteiger partial charge in [-0.05, 0) is 83.0 Å². The fraction of sp³-hybridized carbons (Fsp3) is 0.406. The van der Waals surface area contributed by atoms with Gasteiger partial charge in [-0.1, -0.05) is 18.2 Å². The Balaban J connectivity index is 1.42. The van der Waals surface area contributed by atoms with E-state index in [1.165, 1.54) is 11.3 Å². The molecule has 3 aromatic rings. The van der Waals surface area contributed by atoms with Crippen molar-refractivity contribution in [2.24, 2.45) is 0 Å². The smallest absolute Gasteiger partial charge is 0.407 e. The lowest BCUT2D eigenvalue weighted by Gasteiger charge is -2.38. The van der Waals surface area contributed by atoms with Crippen LogP contribution in [0.2, 0.25) is 0 Å². The second kappa shape index (κ2) is 13.5. The number of carbonyl (C=O) groups is 3. The van der Waals surface area contributed by atoms with E-state index in [1.807, 2.05) is 12.1 Å². The van der Waals surface area contributed by atoms with Crippen LogP contribution in [-0.2, 0) is 4.74 Å². The summed E-state index contributed by atoms with van der Waals surface area (Å²) in [5.74, 6) is 0.193. The largest absolute Gasteiger partial charge is 0.456 e. The van der Waals surface area contributed by atoms with Gasteiger partial charge in [0.05, 0.1) is 11.4 Å². The van der Waals surface area contributed by atoms with Gasteiger partial charge >= 0.3 is 6.09 Å². The Hall–Kier alpha value is -4.47. The summed E-state index contributed by atoms with van der Waals surface area (Å²) in [5.41, 5.74) is 3.70. The number of nitrogens with zero attached hydrogens (tertiary/aromatic N) is 2. The molecular weight excluding hydrogens is 534 g/mol. The average Bonchev–Trinajstić information content (AvgIpc) is 3.38. The normalized spacial score (nSPS) is 13.5. The van der Waals surface area contributed by atoms with E-state index in [0.717, 1.165) is 31.9 Å². The maximum Gasteiger partial charge on any atom is 0.407 e. The molecule has 1 aliphatic rings. The van der Waals surface area contributed by atoms with Crippen molar-refractivity contribution in [3.63, 3.8) is 0 Å². The highest BCUT2D eigenvalue weighted by Crippen LogP contribution is 2.30. The summed E-state index contributed by atoms with van der Waals surface area (Å²) in [6.45, 7) is 13.2. The monoisotopic (exact) mass is 575 g/mol. The van der Waals surface area contributed by atoms with Gasteiger partial charge < -0.3 is 34.9 Å². The highest BCUT2D eigenvalue weighted by atomic mass is 16.6. The van der Waals surface area contributed by atoms with Crippen LogP contribution >= 0.6 is 0 Å². The van der Waals surface area contributed by atoms with E-state index < -0.39 is 11.7 Å². The van der Waals surface area contributed by atoms with Gasteiger partial charge in [0.15, 0.2) is 5.76 Å². The van der Waals surface area contributed by atoms with Crippen molar-refractivity contribution in [1.82, 2.24) is 10.6 Å². The van der Waals surface area contributed by atoms with Crippen LogP contribution in [0.5, 0.6) is 0 Å². The number of rotatable bonds is 9. The fourth-order valence-electron chi connectivity index (χ4n) is 4.80. The quantitative estimate of drug-likeness (QED) is 0.303. The van der Waals surface area contributed by atoms with E-state index in [2.05, 4.69) is 50.9 Å². The van der Waals surface area contributed by atoms with E-state index in [9.17, 15) is 14.4 Å². The van der Waals surface area contributed by atoms with Crippen molar-refractivity contribution in [2.45, 2.75) is 46.6 Å². The molecule has 1 fully saturated rings. The van der Waals surface area contributed by atoms with Gasteiger partial charge in [0, 0.05) is 50.5 Å². The second-order valence-electron chi connectivity index (χ2n) is 11.4. The van der Waals surface area contributed by atoms with Crippen LogP contribution in [-0.4, -0.2) is 62.8 Å². The zero-order chi connectivity index (χ0) is 30.3. The van der Waals surface area contributed by atoms with Gasteiger partial charge in [-0.25, -0.2) is 4.79 Å². The van der Waals surface area contributed by atoms with E-state index >= 15 is 0 Å². The number of piperazine rings is 1. The summed E-state index contributed by atoms with van der Waals surface area (Å²) in [6.07, 6.45) is 0.0478. The molecule has 10 nitrogen and oxygen atoms in total. The molecule has 0 atom stereocenters. The minimum atomic E-state index is -0.568. The number of hydrogen-bond acceptors (Lipinski definition) is 7. The zero-order valence-corrected chi connectivity index (χ0v) is 25.1. The maximum absolute atomic E-state index is 13.0. The standard InChI is InChI=1S/C32H41N5O5/c1-22-9-6-7-10-26(22)36-17-19-37(20-18-36)27-13-12-24(21-25(27)35-30(39)28-14-11-23(2)41-28)29(38)33-15-8-16-34-31(40)42-32(3,4)5/h6-7,9-14,21H,8,15-20H2,1-5H3,(H,33,38)(H,34,40)(H,35,39). The Morgan fingerprint density at radius 3 is 2.14 bits per heavy atom. The number of anilines is 3. The minimum absolute atomic E-state index is 0.204. The van der Waals surface area contributed by atoms with Gasteiger partial charge in [-0.15, -0.1) is 0 Å². The van der Waals surface area contributed by atoms with Crippen LogP contribution in [0, 0.1) is 13.8 Å². The lowest BCUT2D eigenvalue weighted by atomic mass is 10.1. The predicted octanol–water partition coefficient (Wildman–Crippen LogP) is 5.12. The van der Waals surface area contributed by atoms with E-state index in [1.54, 1.807) is 52.0 Å². The summed E-state index contributed by atoms with van der Waals surface area (Å²) in [5, 5.41) is 8.53. The van der Waals surface area contributed by atoms with Crippen molar-refractivity contribution in [2.75, 3.05) is 54.4 Å². The summed E-state index contributed by atoms with van der Waals surface area (Å²) >= 11 is 0. The number of alkyl carbamates (subject to hydrolysis) is 1. The molecule has 1 aliphatic heterocycles. The molecule has 42 heavy (non-hydrogen) atoms. The first-order valence-electron chi connectivity index (χ1n) is 14.3. The molecular formula is C32H41N5O5.